The van der Waals surface area contributed by atoms with E-state index in [1.54, 1.807) is 0 Å². The predicted octanol–water partition coefficient (Wildman–Crippen LogP) is 4.05. The van der Waals surface area contributed by atoms with E-state index in [2.05, 4.69) is 25.3 Å². The topological polar surface area (TPSA) is 61.3 Å². The third-order valence-corrected chi connectivity index (χ3v) is 5.21. The van der Waals surface area contributed by atoms with Gasteiger partial charge in [0.25, 0.3) is 0 Å². The molecular formula is C24H26N2O4. The van der Waals surface area contributed by atoms with Crippen LogP contribution in [0.15, 0.2) is 54.7 Å². The smallest absolute Gasteiger partial charge is 0.119 e. The molecule has 0 spiro atoms. The van der Waals surface area contributed by atoms with Gasteiger partial charge < -0.3 is 18.9 Å². The highest BCUT2D eigenvalue weighted by Crippen LogP contribution is 2.27. The Morgan fingerprint density at radius 3 is 2.00 bits per heavy atom. The number of hydrogen-bond acceptors (Lipinski definition) is 5. The van der Waals surface area contributed by atoms with Crippen molar-refractivity contribution in [1.82, 2.24) is 9.78 Å². The van der Waals surface area contributed by atoms with Crippen molar-refractivity contribution in [1.29, 1.82) is 0 Å². The molecule has 1 aromatic heterocycles. The number of aromatic nitrogens is 2. The fraction of sp³-hybridized carbons (Fsp3) is 0.375. The number of ether oxygens (including phenoxy) is 4. The second-order valence-corrected chi connectivity index (χ2v) is 7.75. The molecule has 2 atom stereocenters. The van der Waals surface area contributed by atoms with E-state index in [0.717, 1.165) is 54.5 Å². The molecule has 156 valence electrons. The molecule has 3 aromatic rings. The molecule has 2 unspecified atom stereocenters. The van der Waals surface area contributed by atoms with E-state index in [1.807, 2.05) is 41.1 Å². The summed E-state index contributed by atoms with van der Waals surface area (Å²) in [4.78, 5) is 0. The van der Waals surface area contributed by atoms with Crippen molar-refractivity contribution in [3.8, 4) is 28.4 Å². The van der Waals surface area contributed by atoms with Crippen molar-refractivity contribution in [3.05, 3.63) is 60.3 Å². The van der Waals surface area contributed by atoms with Gasteiger partial charge in [0.05, 0.1) is 24.6 Å². The largest absolute Gasteiger partial charge is 0.491 e. The molecule has 0 radical (unpaired) electrons. The first-order valence-electron chi connectivity index (χ1n) is 10.6. The molecule has 2 aliphatic heterocycles. The van der Waals surface area contributed by atoms with Gasteiger partial charge >= 0.3 is 0 Å². The molecule has 0 saturated carbocycles. The van der Waals surface area contributed by atoms with Crippen molar-refractivity contribution in [2.45, 2.75) is 32.0 Å². The number of aryl methyl sites for hydroxylation is 1. The lowest BCUT2D eigenvalue weighted by Crippen LogP contribution is -2.04. The van der Waals surface area contributed by atoms with Crippen LogP contribution in [0.2, 0.25) is 0 Å². The molecule has 6 heteroatoms. The predicted molar refractivity (Wildman–Crippen MR) is 113 cm³/mol. The summed E-state index contributed by atoms with van der Waals surface area (Å²) in [7, 11) is 0. The first-order valence-corrected chi connectivity index (χ1v) is 10.6. The number of nitrogens with zero attached hydrogens (tertiary/aromatic N) is 2. The molecule has 2 saturated heterocycles. The van der Waals surface area contributed by atoms with Crippen molar-refractivity contribution in [2.75, 3.05) is 26.4 Å². The van der Waals surface area contributed by atoms with Crippen LogP contribution in [0.3, 0.4) is 0 Å². The van der Waals surface area contributed by atoms with Gasteiger partial charge in [-0.25, -0.2) is 4.68 Å². The number of rotatable bonds is 10. The summed E-state index contributed by atoms with van der Waals surface area (Å²) in [6.45, 7) is 5.02. The zero-order valence-electron chi connectivity index (χ0n) is 17.1. The summed E-state index contributed by atoms with van der Waals surface area (Å²) in [5, 5.41) is 4.89. The van der Waals surface area contributed by atoms with Crippen molar-refractivity contribution < 1.29 is 18.9 Å². The summed E-state index contributed by atoms with van der Waals surface area (Å²) in [6.07, 6.45) is 4.69. The Labute approximate surface area is 176 Å². The van der Waals surface area contributed by atoms with Crippen LogP contribution < -0.4 is 9.47 Å². The van der Waals surface area contributed by atoms with E-state index in [1.165, 1.54) is 5.56 Å². The zero-order chi connectivity index (χ0) is 20.3. The molecule has 2 aliphatic rings. The lowest BCUT2D eigenvalue weighted by atomic mass is 10.1. The average molecular weight is 406 g/mol. The standard InChI is InChI=1S/C24H26N2O4/c1-2-3-18-12-26(19-6-10-21(11-7-19)28-14-23-16-30-23)25-24(18)17-4-8-20(9-5-17)27-13-22-15-29-22/h4-12,22-23H,2-3,13-16H2,1H3. The van der Waals surface area contributed by atoms with E-state index >= 15 is 0 Å². The highest BCUT2D eigenvalue weighted by molar-refractivity contribution is 5.64. The Bertz CT molecular complexity index is 973. The molecule has 2 fully saturated rings. The third-order valence-electron chi connectivity index (χ3n) is 5.21. The average Bonchev–Trinajstić information content (AvgIpc) is 3.71. The number of epoxide rings is 2. The van der Waals surface area contributed by atoms with Gasteiger partial charge in [-0.3, -0.25) is 0 Å². The van der Waals surface area contributed by atoms with E-state index < -0.39 is 0 Å². The SMILES string of the molecule is CCCc1cn(-c2ccc(OCC3CO3)cc2)nc1-c1ccc(OCC2CO2)cc1. The van der Waals surface area contributed by atoms with Crippen molar-refractivity contribution in [2.24, 2.45) is 0 Å². The van der Waals surface area contributed by atoms with E-state index in [4.69, 9.17) is 24.0 Å². The molecular weight excluding hydrogens is 380 g/mol. The Kier molecular flexibility index (Phi) is 5.43. The summed E-state index contributed by atoms with van der Waals surface area (Å²) in [6, 6.07) is 16.2. The minimum Gasteiger partial charge on any atom is -0.491 e. The van der Waals surface area contributed by atoms with Crippen LogP contribution in [0.5, 0.6) is 11.5 Å². The fourth-order valence-corrected chi connectivity index (χ4v) is 3.35. The monoisotopic (exact) mass is 406 g/mol. The van der Waals surface area contributed by atoms with E-state index in [9.17, 15) is 0 Å². The lowest BCUT2D eigenvalue weighted by Gasteiger charge is -2.06. The van der Waals surface area contributed by atoms with Crippen molar-refractivity contribution >= 4 is 0 Å². The summed E-state index contributed by atoms with van der Waals surface area (Å²) in [5.41, 5.74) is 4.36. The van der Waals surface area contributed by atoms with Crippen LogP contribution in [0, 0.1) is 0 Å². The highest BCUT2D eigenvalue weighted by Gasteiger charge is 2.23. The van der Waals surface area contributed by atoms with E-state index in [-0.39, 0.29) is 12.2 Å². The molecule has 0 aliphatic carbocycles. The molecule has 5 rings (SSSR count). The maximum absolute atomic E-state index is 5.75. The minimum absolute atomic E-state index is 0.258. The van der Waals surface area contributed by atoms with E-state index in [0.29, 0.717) is 13.2 Å². The Balaban J connectivity index is 1.33. The maximum Gasteiger partial charge on any atom is 0.119 e. The fourth-order valence-electron chi connectivity index (χ4n) is 3.35. The zero-order valence-corrected chi connectivity index (χ0v) is 17.1. The molecule has 0 amide bonds. The van der Waals surface area contributed by atoms with Crippen LogP contribution in [-0.4, -0.2) is 48.4 Å². The van der Waals surface area contributed by atoms with Gasteiger partial charge in [0.2, 0.25) is 0 Å². The number of hydrogen-bond donors (Lipinski definition) is 0. The van der Waals surface area contributed by atoms with Gasteiger partial charge in [-0.2, -0.15) is 5.10 Å². The first kappa shape index (κ1) is 19.2. The van der Waals surface area contributed by atoms with Crippen LogP contribution in [0.4, 0.5) is 0 Å². The van der Waals surface area contributed by atoms with Gasteiger partial charge in [0, 0.05) is 11.8 Å². The van der Waals surface area contributed by atoms with Gasteiger partial charge in [-0.15, -0.1) is 0 Å². The summed E-state index contributed by atoms with van der Waals surface area (Å²) >= 11 is 0. The Morgan fingerprint density at radius 1 is 0.900 bits per heavy atom. The van der Waals surface area contributed by atoms with Gasteiger partial charge in [-0.1, -0.05) is 13.3 Å². The molecule has 3 heterocycles. The van der Waals surface area contributed by atoms with Crippen molar-refractivity contribution in [3.63, 3.8) is 0 Å². The van der Waals surface area contributed by atoms with Gasteiger partial charge in [0.1, 0.15) is 36.9 Å². The quantitative estimate of drug-likeness (QED) is 0.476. The second kappa shape index (κ2) is 8.50. The molecule has 2 aromatic carbocycles. The maximum atomic E-state index is 5.75. The molecule has 0 N–H and O–H groups in total. The number of benzene rings is 2. The Hall–Kier alpha value is -2.83. The molecule has 30 heavy (non-hydrogen) atoms. The normalized spacial score (nSPS) is 19.5. The van der Waals surface area contributed by atoms with Crippen LogP contribution >= 0.6 is 0 Å². The Morgan fingerprint density at radius 2 is 1.47 bits per heavy atom. The second-order valence-electron chi connectivity index (χ2n) is 7.75. The third kappa shape index (κ3) is 4.66. The first-order chi connectivity index (χ1) is 14.8. The molecule has 0 bridgehead atoms. The van der Waals surface area contributed by atoms with Gasteiger partial charge in [0.15, 0.2) is 0 Å². The van der Waals surface area contributed by atoms with Crippen LogP contribution in [0.1, 0.15) is 18.9 Å². The van der Waals surface area contributed by atoms with Crippen LogP contribution in [0.25, 0.3) is 16.9 Å². The molecule has 6 nitrogen and oxygen atoms in total. The lowest BCUT2D eigenvalue weighted by molar-refractivity contribution is 0.263. The summed E-state index contributed by atoms with van der Waals surface area (Å²) in [5.74, 6) is 1.71. The van der Waals surface area contributed by atoms with Gasteiger partial charge in [-0.05, 0) is 60.5 Å². The minimum atomic E-state index is 0.258. The summed E-state index contributed by atoms with van der Waals surface area (Å²) < 4.78 is 23.8. The highest BCUT2D eigenvalue weighted by atomic mass is 16.6. The van der Waals surface area contributed by atoms with Crippen LogP contribution in [-0.2, 0) is 15.9 Å².